The highest BCUT2D eigenvalue weighted by atomic mass is 35.5. The Kier molecular flexibility index (Phi) is 2.69. The average Bonchev–Trinajstić information content (AvgIpc) is 2.23. The van der Waals surface area contributed by atoms with Crippen molar-refractivity contribution in [2.45, 2.75) is 6.92 Å². The SMILES string of the molecule is Cc1ncc(Cl)cc1-c1ccc(F)cc1. The summed E-state index contributed by atoms with van der Waals surface area (Å²) in [7, 11) is 0. The molecule has 0 bridgehead atoms. The van der Waals surface area contributed by atoms with Crippen molar-refractivity contribution in [2.24, 2.45) is 0 Å². The van der Waals surface area contributed by atoms with Crippen LogP contribution in [0.1, 0.15) is 5.69 Å². The molecular formula is C12H9ClFN. The first-order chi connectivity index (χ1) is 7.16. The lowest BCUT2D eigenvalue weighted by Gasteiger charge is -2.05. The van der Waals surface area contributed by atoms with Gasteiger partial charge in [0.2, 0.25) is 0 Å². The molecule has 1 nitrogen and oxygen atoms in total. The van der Waals surface area contributed by atoms with Crippen molar-refractivity contribution >= 4 is 11.6 Å². The number of benzene rings is 1. The van der Waals surface area contributed by atoms with E-state index in [1.165, 1.54) is 12.1 Å². The van der Waals surface area contributed by atoms with E-state index in [0.29, 0.717) is 5.02 Å². The van der Waals surface area contributed by atoms with Crippen LogP contribution in [0.25, 0.3) is 11.1 Å². The molecule has 0 aliphatic rings. The van der Waals surface area contributed by atoms with Crippen molar-refractivity contribution in [3.05, 3.63) is 53.1 Å². The Labute approximate surface area is 92.5 Å². The van der Waals surface area contributed by atoms with Crippen LogP contribution in [0.4, 0.5) is 4.39 Å². The van der Waals surface area contributed by atoms with Crippen LogP contribution in [0.2, 0.25) is 5.02 Å². The lowest BCUT2D eigenvalue weighted by Crippen LogP contribution is -1.87. The lowest BCUT2D eigenvalue weighted by molar-refractivity contribution is 0.628. The van der Waals surface area contributed by atoms with Gasteiger partial charge in [-0.05, 0) is 30.7 Å². The van der Waals surface area contributed by atoms with Crippen LogP contribution in [0.5, 0.6) is 0 Å². The maximum atomic E-state index is 12.7. The first kappa shape index (κ1) is 10.1. The number of halogens is 2. The Morgan fingerprint density at radius 2 is 1.87 bits per heavy atom. The zero-order valence-corrected chi connectivity index (χ0v) is 8.92. The molecule has 0 amide bonds. The zero-order valence-electron chi connectivity index (χ0n) is 8.17. The van der Waals surface area contributed by atoms with E-state index in [2.05, 4.69) is 4.98 Å². The molecule has 0 saturated carbocycles. The molecule has 15 heavy (non-hydrogen) atoms. The van der Waals surface area contributed by atoms with Gasteiger partial charge in [0.15, 0.2) is 0 Å². The molecule has 0 saturated heterocycles. The molecule has 0 radical (unpaired) electrons. The first-order valence-corrected chi connectivity index (χ1v) is 4.93. The fraction of sp³-hybridized carbons (Fsp3) is 0.0833. The number of aromatic nitrogens is 1. The van der Waals surface area contributed by atoms with Crippen LogP contribution in [0, 0.1) is 12.7 Å². The average molecular weight is 222 g/mol. The summed E-state index contributed by atoms with van der Waals surface area (Å²) in [4.78, 5) is 4.15. The van der Waals surface area contributed by atoms with E-state index < -0.39 is 0 Å². The summed E-state index contributed by atoms with van der Waals surface area (Å²) in [5.74, 6) is -0.244. The second-order valence-electron chi connectivity index (χ2n) is 3.29. The van der Waals surface area contributed by atoms with E-state index in [1.807, 2.05) is 13.0 Å². The van der Waals surface area contributed by atoms with Crippen LogP contribution in [0.3, 0.4) is 0 Å². The Balaban J connectivity index is 2.53. The van der Waals surface area contributed by atoms with Crippen LogP contribution < -0.4 is 0 Å². The number of aryl methyl sites for hydroxylation is 1. The van der Waals surface area contributed by atoms with Gasteiger partial charge in [-0.25, -0.2) is 4.39 Å². The molecule has 3 heteroatoms. The molecule has 0 fully saturated rings. The monoisotopic (exact) mass is 221 g/mol. The van der Waals surface area contributed by atoms with E-state index in [9.17, 15) is 4.39 Å². The third-order valence-electron chi connectivity index (χ3n) is 2.21. The van der Waals surface area contributed by atoms with E-state index in [-0.39, 0.29) is 5.82 Å². The van der Waals surface area contributed by atoms with E-state index in [1.54, 1.807) is 18.3 Å². The predicted molar refractivity (Wildman–Crippen MR) is 59.4 cm³/mol. The van der Waals surface area contributed by atoms with Gasteiger partial charge < -0.3 is 0 Å². The second-order valence-corrected chi connectivity index (χ2v) is 3.73. The van der Waals surface area contributed by atoms with Crippen molar-refractivity contribution in [3.63, 3.8) is 0 Å². The molecule has 1 aromatic heterocycles. The van der Waals surface area contributed by atoms with Gasteiger partial charge >= 0.3 is 0 Å². The van der Waals surface area contributed by atoms with Gasteiger partial charge in [-0.1, -0.05) is 23.7 Å². The molecule has 0 atom stereocenters. The van der Waals surface area contributed by atoms with Crippen LogP contribution in [-0.4, -0.2) is 4.98 Å². The first-order valence-electron chi connectivity index (χ1n) is 4.55. The Morgan fingerprint density at radius 1 is 1.20 bits per heavy atom. The smallest absolute Gasteiger partial charge is 0.123 e. The van der Waals surface area contributed by atoms with Gasteiger partial charge in [0.1, 0.15) is 5.82 Å². The van der Waals surface area contributed by atoms with Crippen molar-refractivity contribution in [2.75, 3.05) is 0 Å². The highest BCUT2D eigenvalue weighted by Gasteiger charge is 2.03. The molecule has 1 aromatic carbocycles. The van der Waals surface area contributed by atoms with Gasteiger partial charge in [0.25, 0.3) is 0 Å². The molecule has 2 aromatic rings. The second kappa shape index (κ2) is 3.99. The Bertz CT molecular complexity index is 479. The molecule has 0 aliphatic carbocycles. The lowest BCUT2D eigenvalue weighted by atomic mass is 10.0. The number of hydrogen-bond acceptors (Lipinski definition) is 1. The van der Waals surface area contributed by atoms with Crippen molar-refractivity contribution in [3.8, 4) is 11.1 Å². The molecular weight excluding hydrogens is 213 g/mol. The van der Waals surface area contributed by atoms with Crippen molar-refractivity contribution in [1.82, 2.24) is 4.98 Å². The van der Waals surface area contributed by atoms with E-state index >= 15 is 0 Å². The molecule has 1 heterocycles. The molecule has 0 aliphatic heterocycles. The van der Waals surface area contributed by atoms with Gasteiger partial charge in [0.05, 0.1) is 5.02 Å². The number of rotatable bonds is 1. The summed E-state index contributed by atoms with van der Waals surface area (Å²) < 4.78 is 12.7. The molecule has 76 valence electrons. The zero-order chi connectivity index (χ0) is 10.8. The number of nitrogens with zero attached hydrogens (tertiary/aromatic N) is 1. The fourth-order valence-corrected chi connectivity index (χ4v) is 1.59. The van der Waals surface area contributed by atoms with Crippen LogP contribution in [0.15, 0.2) is 36.5 Å². The Hall–Kier alpha value is -1.41. The molecule has 0 spiro atoms. The standard InChI is InChI=1S/C12H9ClFN/c1-8-12(6-10(13)7-15-8)9-2-4-11(14)5-3-9/h2-7H,1H3. The van der Waals surface area contributed by atoms with Gasteiger partial charge in [-0.3, -0.25) is 4.98 Å². The van der Waals surface area contributed by atoms with Gasteiger partial charge in [-0.15, -0.1) is 0 Å². The fourth-order valence-electron chi connectivity index (χ4n) is 1.43. The topological polar surface area (TPSA) is 12.9 Å². The highest BCUT2D eigenvalue weighted by Crippen LogP contribution is 2.24. The summed E-state index contributed by atoms with van der Waals surface area (Å²) in [5.41, 5.74) is 2.73. The molecule has 0 unspecified atom stereocenters. The van der Waals surface area contributed by atoms with Crippen LogP contribution >= 0.6 is 11.6 Å². The normalized spacial score (nSPS) is 10.3. The summed E-state index contributed by atoms with van der Waals surface area (Å²) in [6.07, 6.45) is 1.60. The van der Waals surface area contributed by atoms with E-state index in [4.69, 9.17) is 11.6 Å². The van der Waals surface area contributed by atoms with Crippen LogP contribution in [-0.2, 0) is 0 Å². The third kappa shape index (κ3) is 2.16. The molecule has 0 N–H and O–H groups in total. The van der Waals surface area contributed by atoms with Crippen molar-refractivity contribution < 1.29 is 4.39 Å². The minimum absolute atomic E-state index is 0.244. The van der Waals surface area contributed by atoms with E-state index in [0.717, 1.165) is 16.8 Å². The summed E-state index contributed by atoms with van der Waals surface area (Å²) >= 11 is 5.86. The largest absolute Gasteiger partial charge is 0.259 e. The van der Waals surface area contributed by atoms with Gasteiger partial charge in [0, 0.05) is 17.5 Å². The maximum absolute atomic E-state index is 12.7. The summed E-state index contributed by atoms with van der Waals surface area (Å²) in [5, 5.41) is 0.583. The summed E-state index contributed by atoms with van der Waals surface area (Å²) in [6.45, 7) is 1.90. The highest BCUT2D eigenvalue weighted by molar-refractivity contribution is 6.30. The van der Waals surface area contributed by atoms with Gasteiger partial charge in [-0.2, -0.15) is 0 Å². The Morgan fingerprint density at radius 3 is 2.53 bits per heavy atom. The predicted octanol–water partition coefficient (Wildman–Crippen LogP) is 3.85. The van der Waals surface area contributed by atoms with Crippen molar-refractivity contribution in [1.29, 1.82) is 0 Å². The minimum Gasteiger partial charge on any atom is -0.259 e. The molecule has 2 rings (SSSR count). The minimum atomic E-state index is -0.244. The third-order valence-corrected chi connectivity index (χ3v) is 2.42. The quantitative estimate of drug-likeness (QED) is 0.713. The number of pyridine rings is 1. The summed E-state index contributed by atoms with van der Waals surface area (Å²) in [6, 6.07) is 8.12. The number of hydrogen-bond donors (Lipinski definition) is 0. The maximum Gasteiger partial charge on any atom is 0.123 e.